The Morgan fingerprint density at radius 3 is 2.42 bits per heavy atom. The monoisotopic (exact) mass is 538 g/mol. The van der Waals surface area contributed by atoms with E-state index in [2.05, 4.69) is 5.32 Å². The first-order valence-corrected chi connectivity index (χ1v) is 12.9. The van der Waals surface area contributed by atoms with Crippen LogP contribution in [0.4, 0.5) is 10.5 Å². The fourth-order valence-electron chi connectivity index (χ4n) is 4.73. The molecule has 204 valence electrons. The van der Waals surface area contributed by atoms with E-state index in [0.717, 1.165) is 0 Å². The minimum atomic E-state index is -0.606. The molecule has 0 bridgehead atoms. The molecular weight excluding hydrogens is 508 g/mol. The fraction of sp³-hybridized carbons (Fsp3) is 0.194. The quantitative estimate of drug-likeness (QED) is 0.241. The number of amides is 2. The Hall–Kier alpha value is -5.05. The number of ether oxygens (including phenoxy) is 2. The topological polar surface area (TPSA) is 98.8 Å². The second-order valence-electron chi connectivity index (χ2n) is 9.09. The summed E-state index contributed by atoms with van der Waals surface area (Å²) in [5.41, 5.74) is 1.42. The molecule has 3 aromatic carbocycles. The predicted molar refractivity (Wildman–Crippen MR) is 153 cm³/mol. The summed E-state index contributed by atoms with van der Waals surface area (Å²) in [5, 5.41) is 3.44. The van der Waals surface area contributed by atoms with Crippen molar-refractivity contribution in [1.29, 1.82) is 0 Å². The minimum absolute atomic E-state index is 0.155. The number of nitrogens with one attached hydrogen (secondary N) is 1. The Morgan fingerprint density at radius 2 is 1.73 bits per heavy atom. The van der Waals surface area contributed by atoms with Crippen LogP contribution < -0.4 is 20.3 Å². The summed E-state index contributed by atoms with van der Waals surface area (Å²) < 4.78 is 18.0. The Balaban J connectivity index is 1.67. The number of para-hydroxylation sites is 3. The lowest BCUT2D eigenvalue weighted by molar-refractivity contribution is 0.170. The van der Waals surface area contributed by atoms with Gasteiger partial charge in [0.05, 0.1) is 49.7 Å². The van der Waals surface area contributed by atoms with Crippen LogP contribution in [-0.2, 0) is 6.54 Å². The normalized spacial score (nSPS) is 11.7. The van der Waals surface area contributed by atoms with Crippen LogP contribution in [0, 0.1) is 0 Å². The molecule has 0 aliphatic rings. The molecule has 0 saturated heterocycles. The molecule has 0 radical (unpaired) electrons. The van der Waals surface area contributed by atoms with Crippen LogP contribution in [0.3, 0.4) is 0 Å². The van der Waals surface area contributed by atoms with Crippen LogP contribution in [0.1, 0.15) is 31.0 Å². The number of methoxy groups -OCH3 is 2. The van der Waals surface area contributed by atoms with Crippen molar-refractivity contribution >= 4 is 22.6 Å². The first kappa shape index (κ1) is 26.6. The Kier molecular flexibility index (Phi) is 7.82. The summed E-state index contributed by atoms with van der Waals surface area (Å²) in [6, 6.07) is 24.1. The number of anilines is 1. The Bertz CT molecular complexity index is 1660. The van der Waals surface area contributed by atoms with Gasteiger partial charge in [0.2, 0.25) is 0 Å². The number of fused-ring (bicyclic) bond motifs is 1. The average Bonchev–Trinajstić information content (AvgIpc) is 3.51. The molecular formula is C31H30N4O5. The Morgan fingerprint density at radius 1 is 0.975 bits per heavy atom. The van der Waals surface area contributed by atoms with E-state index in [9.17, 15) is 9.59 Å². The van der Waals surface area contributed by atoms with Gasteiger partial charge in [-0.3, -0.25) is 9.36 Å². The van der Waals surface area contributed by atoms with Crippen LogP contribution in [0.5, 0.6) is 11.5 Å². The number of benzene rings is 3. The summed E-state index contributed by atoms with van der Waals surface area (Å²) >= 11 is 0. The number of rotatable bonds is 9. The van der Waals surface area contributed by atoms with Crippen LogP contribution >= 0.6 is 0 Å². The third kappa shape index (κ3) is 5.26. The van der Waals surface area contributed by atoms with Crippen molar-refractivity contribution in [2.24, 2.45) is 0 Å². The van der Waals surface area contributed by atoms with E-state index in [-0.39, 0.29) is 18.1 Å². The SMILES string of the molecule is CCC(c1nc2ccccc2c(=O)n1-c1ccccc1OC)N(Cc1ccco1)C(=O)Nc1ccc(OC)cc1. The third-order valence-corrected chi connectivity index (χ3v) is 6.70. The van der Waals surface area contributed by atoms with Crippen LogP contribution in [0.15, 0.2) is 100 Å². The van der Waals surface area contributed by atoms with Gasteiger partial charge in [0, 0.05) is 5.69 Å². The Labute approximate surface area is 231 Å². The molecule has 1 N–H and O–H groups in total. The number of nitrogens with zero attached hydrogens (tertiary/aromatic N) is 3. The number of carbonyl (C=O) groups excluding carboxylic acids is 1. The van der Waals surface area contributed by atoms with Crippen LogP contribution in [-0.4, -0.2) is 34.7 Å². The third-order valence-electron chi connectivity index (χ3n) is 6.70. The van der Waals surface area contributed by atoms with E-state index in [4.69, 9.17) is 18.9 Å². The first-order chi connectivity index (χ1) is 19.5. The lowest BCUT2D eigenvalue weighted by Crippen LogP contribution is -2.40. The zero-order valence-corrected chi connectivity index (χ0v) is 22.5. The van der Waals surface area contributed by atoms with Crippen molar-refractivity contribution < 1.29 is 18.7 Å². The number of carbonyl (C=O) groups is 1. The number of aromatic nitrogens is 2. The molecule has 5 rings (SSSR count). The van der Waals surface area contributed by atoms with Crippen molar-refractivity contribution in [2.75, 3.05) is 19.5 Å². The van der Waals surface area contributed by atoms with Crippen molar-refractivity contribution in [3.8, 4) is 17.2 Å². The molecule has 40 heavy (non-hydrogen) atoms. The molecule has 9 heteroatoms. The highest BCUT2D eigenvalue weighted by atomic mass is 16.5. The van der Waals surface area contributed by atoms with Crippen LogP contribution in [0.25, 0.3) is 16.6 Å². The molecule has 0 aliphatic carbocycles. The second-order valence-corrected chi connectivity index (χ2v) is 9.09. The van der Waals surface area contributed by atoms with Gasteiger partial charge in [-0.25, -0.2) is 9.78 Å². The number of furan rings is 1. The van der Waals surface area contributed by atoms with E-state index < -0.39 is 6.04 Å². The van der Waals surface area contributed by atoms with Gasteiger partial charge in [-0.15, -0.1) is 0 Å². The maximum Gasteiger partial charge on any atom is 0.322 e. The fourth-order valence-corrected chi connectivity index (χ4v) is 4.73. The molecule has 0 fully saturated rings. The lowest BCUT2D eigenvalue weighted by Gasteiger charge is -2.32. The number of urea groups is 1. The van der Waals surface area contributed by atoms with Gasteiger partial charge < -0.3 is 24.1 Å². The number of hydrogen-bond donors (Lipinski definition) is 1. The highest BCUT2D eigenvalue weighted by Crippen LogP contribution is 2.31. The van der Waals surface area contributed by atoms with E-state index in [1.54, 1.807) is 90.6 Å². The molecule has 1 atom stereocenters. The van der Waals surface area contributed by atoms with E-state index >= 15 is 0 Å². The zero-order chi connectivity index (χ0) is 28.1. The molecule has 0 spiro atoms. The molecule has 0 saturated carbocycles. The molecule has 2 heterocycles. The lowest BCUT2D eigenvalue weighted by atomic mass is 10.1. The van der Waals surface area contributed by atoms with Gasteiger partial charge in [0.15, 0.2) is 0 Å². The van der Waals surface area contributed by atoms with Crippen molar-refractivity contribution in [3.05, 3.63) is 113 Å². The molecule has 5 aromatic rings. The van der Waals surface area contributed by atoms with Gasteiger partial charge in [0.25, 0.3) is 5.56 Å². The highest BCUT2D eigenvalue weighted by molar-refractivity contribution is 5.89. The predicted octanol–water partition coefficient (Wildman–Crippen LogP) is 6.18. The van der Waals surface area contributed by atoms with E-state index in [0.29, 0.717) is 51.8 Å². The van der Waals surface area contributed by atoms with Crippen LogP contribution in [0.2, 0.25) is 0 Å². The minimum Gasteiger partial charge on any atom is -0.497 e. The smallest absolute Gasteiger partial charge is 0.322 e. The maximum atomic E-state index is 14.0. The molecule has 9 nitrogen and oxygen atoms in total. The molecule has 0 aliphatic heterocycles. The van der Waals surface area contributed by atoms with Crippen molar-refractivity contribution in [2.45, 2.75) is 25.9 Å². The summed E-state index contributed by atoms with van der Waals surface area (Å²) in [6.45, 7) is 2.11. The highest BCUT2D eigenvalue weighted by Gasteiger charge is 2.30. The summed E-state index contributed by atoms with van der Waals surface area (Å²) in [6.07, 6.45) is 2.03. The van der Waals surface area contributed by atoms with Gasteiger partial charge in [-0.05, 0) is 67.1 Å². The van der Waals surface area contributed by atoms with Gasteiger partial charge in [-0.1, -0.05) is 31.2 Å². The summed E-state index contributed by atoms with van der Waals surface area (Å²) in [5.74, 6) is 2.19. The van der Waals surface area contributed by atoms with Gasteiger partial charge in [-0.2, -0.15) is 0 Å². The average molecular weight is 539 g/mol. The standard InChI is InChI=1S/C31H30N4O5/c1-4-26(34(20-23-10-9-19-40-23)31(37)32-21-15-17-22(38-2)18-16-21)29-33-25-12-6-5-11-24(25)30(36)35(29)27-13-7-8-14-28(27)39-3/h5-19,26H,4,20H2,1-3H3,(H,32,37). The van der Waals surface area contributed by atoms with Gasteiger partial charge >= 0.3 is 6.03 Å². The van der Waals surface area contributed by atoms with Gasteiger partial charge in [0.1, 0.15) is 23.1 Å². The maximum absolute atomic E-state index is 14.0. The van der Waals surface area contributed by atoms with E-state index in [1.807, 2.05) is 31.2 Å². The molecule has 1 unspecified atom stereocenters. The van der Waals surface area contributed by atoms with E-state index in [1.165, 1.54) is 0 Å². The van der Waals surface area contributed by atoms with Crippen molar-refractivity contribution in [3.63, 3.8) is 0 Å². The van der Waals surface area contributed by atoms with Crippen molar-refractivity contribution in [1.82, 2.24) is 14.5 Å². The number of hydrogen-bond acceptors (Lipinski definition) is 6. The summed E-state index contributed by atoms with van der Waals surface area (Å²) in [7, 11) is 3.14. The largest absolute Gasteiger partial charge is 0.497 e. The molecule has 2 aromatic heterocycles. The first-order valence-electron chi connectivity index (χ1n) is 12.9. The summed E-state index contributed by atoms with van der Waals surface area (Å²) in [4.78, 5) is 34.5. The second kappa shape index (κ2) is 11.8. The zero-order valence-electron chi connectivity index (χ0n) is 22.5. The molecule has 2 amide bonds.